The van der Waals surface area contributed by atoms with Crippen molar-refractivity contribution in [1.82, 2.24) is 25.5 Å². The molecule has 1 aliphatic rings. The topological polar surface area (TPSA) is 55.6 Å². The third-order valence-electron chi connectivity index (χ3n) is 3.30. The van der Waals surface area contributed by atoms with Crippen LogP contribution in [-0.2, 0) is 0 Å². The highest BCUT2D eigenvalue weighted by Crippen LogP contribution is 2.37. The number of rotatable bonds is 5. The second-order valence-electron chi connectivity index (χ2n) is 4.89. The van der Waals surface area contributed by atoms with Gasteiger partial charge >= 0.3 is 0 Å². The maximum Gasteiger partial charge on any atom is 0.168 e. The molecule has 1 aromatic rings. The van der Waals surface area contributed by atoms with Gasteiger partial charge in [0.15, 0.2) is 5.82 Å². The van der Waals surface area contributed by atoms with E-state index in [1.807, 2.05) is 4.68 Å². The lowest BCUT2D eigenvalue weighted by atomic mass is 9.82. The van der Waals surface area contributed by atoms with Gasteiger partial charge in [0.1, 0.15) is 0 Å². The zero-order chi connectivity index (χ0) is 11.5. The van der Waals surface area contributed by atoms with E-state index in [1.165, 1.54) is 12.8 Å². The van der Waals surface area contributed by atoms with E-state index in [2.05, 4.69) is 41.6 Å². The molecule has 5 nitrogen and oxygen atoms in total. The molecule has 0 radical (unpaired) electrons. The number of aromatic nitrogens is 4. The Balaban J connectivity index is 2.01. The van der Waals surface area contributed by atoms with Crippen LogP contribution in [0.2, 0.25) is 0 Å². The standard InChI is InChI=1S/C11H21N5/c1-4-5-12-9(3)11-13-14-15-16(11)10-6-8(2)7-10/h8-10,12H,4-7H2,1-3H3. The number of hydrogen-bond donors (Lipinski definition) is 1. The van der Waals surface area contributed by atoms with Crippen LogP contribution in [0.15, 0.2) is 0 Å². The van der Waals surface area contributed by atoms with Gasteiger partial charge in [-0.3, -0.25) is 0 Å². The minimum atomic E-state index is 0.242. The number of hydrogen-bond acceptors (Lipinski definition) is 4. The van der Waals surface area contributed by atoms with Gasteiger partial charge in [0.05, 0.1) is 12.1 Å². The van der Waals surface area contributed by atoms with Crippen molar-refractivity contribution in [2.24, 2.45) is 5.92 Å². The number of nitrogens with zero attached hydrogens (tertiary/aromatic N) is 4. The molecule has 2 rings (SSSR count). The fourth-order valence-electron chi connectivity index (χ4n) is 2.26. The summed E-state index contributed by atoms with van der Waals surface area (Å²) in [6, 6.07) is 0.761. The highest BCUT2D eigenvalue weighted by atomic mass is 15.6. The highest BCUT2D eigenvalue weighted by molar-refractivity contribution is 4.95. The van der Waals surface area contributed by atoms with Crippen LogP contribution in [-0.4, -0.2) is 26.8 Å². The van der Waals surface area contributed by atoms with E-state index in [-0.39, 0.29) is 6.04 Å². The first-order chi connectivity index (χ1) is 7.72. The lowest BCUT2D eigenvalue weighted by molar-refractivity contribution is 0.190. The second-order valence-corrected chi connectivity index (χ2v) is 4.89. The van der Waals surface area contributed by atoms with Crippen molar-refractivity contribution in [3.05, 3.63) is 5.82 Å². The number of nitrogens with one attached hydrogen (secondary N) is 1. The summed E-state index contributed by atoms with van der Waals surface area (Å²) in [4.78, 5) is 0. The lowest BCUT2D eigenvalue weighted by Gasteiger charge is -2.33. The van der Waals surface area contributed by atoms with Crippen LogP contribution in [0.4, 0.5) is 0 Å². The van der Waals surface area contributed by atoms with E-state index < -0.39 is 0 Å². The molecule has 0 aliphatic heterocycles. The minimum Gasteiger partial charge on any atom is -0.307 e. The summed E-state index contributed by atoms with van der Waals surface area (Å²) in [5, 5.41) is 15.5. The molecule has 1 N–H and O–H groups in total. The van der Waals surface area contributed by atoms with Gasteiger partial charge in [-0.2, -0.15) is 0 Å². The summed E-state index contributed by atoms with van der Waals surface area (Å²) in [6.07, 6.45) is 3.55. The molecule has 16 heavy (non-hydrogen) atoms. The van der Waals surface area contributed by atoms with Crippen molar-refractivity contribution < 1.29 is 0 Å². The quantitative estimate of drug-likeness (QED) is 0.825. The van der Waals surface area contributed by atoms with E-state index in [4.69, 9.17) is 0 Å². The van der Waals surface area contributed by atoms with Gasteiger partial charge in [-0.05, 0) is 49.1 Å². The van der Waals surface area contributed by atoms with Crippen molar-refractivity contribution >= 4 is 0 Å². The summed E-state index contributed by atoms with van der Waals surface area (Å²) < 4.78 is 2.01. The van der Waals surface area contributed by atoms with Crippen molar-refractivity contribution in [3.8, 4) is 0 Å². The molecule has 0 saturated heterocycles. The molecule has 0 aromatic carbocycles. The SMILES string of the molecule is CCCNC(C)c1nnnn1C1CC(C)C1. The third-order valence-corrected chi connectivity index (χ3v) is 3.30. The summed E-state index contributed by atoms with van der Waals surface area (Å²) in [5.41, 5.74) is 0. The molecule has 90 valence electrons. The van der Waals surface area contributed by atoms with E-state index in [1.54, 1.807) is 0 Å². The fourth-order valence-corrected chi connectivity index (χ4v) is 2.26. The molecule has 1 aliphatic carbocycles. The molecular weight excluding hydrogens is 202 g/mol. The van der Waals surface area contributed by atoms with E-state index in [0.29, 0.717) is 6.04 Å². The monoisotopic (exact) mass is 223 g/mol. The van der Waals surface area contributed by atoms with E-state index >= 15 is 0 Å². The Labute approximate surface area is 96.6 Å². The van der Waals surface area contributed by atoms with Crippen molar-refractivity contribution in [2.45, 2.75) is 52.1 Å². The molecule has 1 heterocycles. The van der Waals surface area contributed by atoms with Crippen LogP contribution in [0, 0.1) is 5.92 Å². The molecule has 1 atom stereocenters. The van der Waals surface area contributed by atoms with Crippen LogP contribution >= 0.6 is 0 Å². The maximum atomic E-state index is 4.14. The predicted molar refractivity (Wildman–Crippen MR) is 62.0 cm³/mol. The molecule has 1 aromatic heterocycles. The van der Waals surface area contributed by atoms with Crippen LogP contribution in [0.1, 0.15) is 57.9 Å². The van der Waals surface area contributed by atoms with Gasteiger partial charge in [-0.25, -0.2) is 4.68 Å². The molecule has 0 spiro atoms. The van der Waals surface area contributed by atoms with Gasteiger partial charge in [0.2, 0.25) is 0 Å². The zero-order valence-electron chi connectivity index (χ0n) is 10.3. The van der Waals surface area contributed by atoms with Crippen molar-refractivity contribution in [3.63, 3.8) is 0 Å². The summed E-state index contributed by atoms with van der Waals surface area (Å²) in [7, 11) is 0. The Hall–Kier alpha value is -0.970. The third kappa shape index (κ3) is 2.24. The maximum absolute atomic E-state index is 4.14. The van der Waals surface area contributed by atoms with Crippen LogP contribution in [0.25, 0.3) is 0 Å². The van der Waals surface area contributed by atoms with Gasteiger partial charge in [-0.1, -0.05) is 13.8 Å². The molecule has 1 saturated carbocycles. The van der Waals surface area contributed by atoms with Gasteiger partial charge < -0.3 is 5.32 Å². The van der Waals surface area contributed by atoms with Gasteiger partial charge in [0.25, 0.3) is 0 Å². The second kappa shape index (κ2) is 4.91. The molecule has 1 unspecified atom stereocenters. The predicted octanol–water partition coefficient (Wildman–Crippen LogP) is 1.70. The highest BCUT2D eigenvalue weighted by Gasteiger charge is 2.30. The summed E-state index contributed by atoms with van der Waals surface area (Å²) >= 11 is 0. The van der Waals surface area contributed by atoms with Crippen molar-refractivity contribution in [2.75, 3.05) is 6.54 Å². The van der Waals surface area contributed by atoms with Crippen LogP contribution in [0.3, 0.4) is 0 Å². The van der Waals surface area contributed by atoms with Crippen LogP contribution in [0.5, 0.6) is 0 Å². The number of tetrazole rings is 1. The lowest BCUT2D eigenvalue weighted by Crippen LogP contribution is -2.30. The summed E-state index contributed by atoms with van der Waals surface area (Å²) in [5.74, 6) is 1.80. The molecule has 0 amide bonds. The average molecular weight is 223 g/mol. The first-order valence-electron chi connectivity index (χ1n) is 6.23. The van der Waals surface area contributed by atoms with Crippen molar-refractivity contribution in [1.29, 1.82) is 0 Å². The van der Waals surface area contributed by atoms with E-state index in [9.17, 15) is 0 Å². The molecular formula is C11H21N5. The average Bonchev–Trinajstić information content (AvgIpc) is 2.69. The summed E-state index contributed by atoms with van der Waals surface area (Å²) in [6.45, 7) is 7.57. The van der Waals surface area contributed by atoms with Crippen LogP contribution < -0.4 is 5.32 Å². The Bertz CT molecular complexity index is 329. The first-order valence-corrected chi connectivity index (χ1v) is 6.23. The normalized spacial score (nSPS) is 26.4. The van der Waals surface area contributed by atoms with Gasteiger partial charge in [-0.15, -0.1) is 5.10 Å². The molecule has 1 fully saturated rings. The fraction of sp³-hybridized carbons (Fsp3) is 0.909. The zero-order valence-corrected chi connectivity index (χ0v) is 10.3. The largest absolute Gasteiger partial charge is 0.307 e. The molecule has 0 bridgehead atoms. The Kier molecular flexibility index (Phi) is 3.53. The Morgan fingerprint density at radius 3 is 2.88 bits per heavy atom. The Morgan fingerprint density at radius 2 is 2.25 bits per heavy atom. The first kappa shape index (κ1) is 11.5. The smallest absolute Gasteiger partial charge is 0.168 e. The Morgan fingerprint density at radius 1 is 1.50 bits per heavy atom. The van der Waals surface area contributed by atoms with E-state index in [0.717, 1.165) is 24.7 Å². The van der Waals surface area contributed by atoms with Gasteiger partial charge in [0, 0.05) is 0 Å². The molecule has 5 heteroatoms. The minimum absolute atomic E-state index is 0.242.